The average Bonchev–Trinajstić information content (AvgIpc) is 1.85. The van der Waals surface area contributed by atoms with E-state index in [-0.39, 0.29) is 6.01 Å². The summed E-state index contributed by atoms with van der Waals surface area (Å²) >= 11 is 0. The molecule has 6 nitrogen and oxygen atoms in total. The molecule has 0 atom stereocenters. The van der Waals surface area contributed by atoms with Crippen molar-refractivity contribution in [1.82, 2.24) is 15.0 Å². The number of hydrogen-bond donors (Lipinski definition) is 0. The van der Waals surface area contributed by atoms with Crippen LogP contribution in [-0.2, 0) is 10.1 Å². The zero-order valence-corrected chi connectivity index (χ0v) is 6.45. The third-order valence-corrected chi connectivity index (χ3v) is 1.15. The summed E-state index contributed by atoms with van der Waals surface area (Å²) < 4.78 is 25.3. The Morgan fingerprint density at radius 3 is 2.36 bits per heavy atom. The van der Waals surface area contributed by atoms with Crippen molar-refractivity contribution in [1.29, 1.82) is 0 Å². The van der Waals surface area contributed by atoms with Gasteiger partial charge < -0.3 is 4.18 Å². The van der Waals surface area contributed by atoms with E-state index in [0.29, 0.717) is 0 Å². The lowest BCUT2D eigenvalue weighted by atomic mass is 11.0. The second-order valence-corrected chi connectivity index (χ2v) is 3.28. The van der Waals surface area contributed by atoms with Gasteiger partial charge >= 0.3 is 16.1 Å². The van der Waals surface area contributed by atoms with E-state index in [1.54, 1.807) is 0 Å². The molecule has 0 aromatic carbocycles. The van der Waals surface area contributed by atoms with Crippen molar-refractivity contribution in [2.45, 2.75) is 0 Å². The molecule has 1 aromatic heterocycles. The minimum atomic E-state index is -3.53. The Balaban J connectivity index is 2.82. The lowest BCUT2D eigenvalue weighted by Gasteiger charge is -1.96. The van der Waals surface area contributed by atoms with Gasteiger partial charge in [-0.1, -0.05) is 0 Å². The molecule has 1 aromatic rings. The van der Waals surface area contributed by atoms with E-state index in [0.717, 1.165) is 18.9 Å². The molecule has 0 fully saturated rings. The highest BCUT2D eigenvalue weighted by Gasteiger charge is 2.04. The molecule has 0 bridgehead atoms. The summed E-state index contributed by atoms with van der Waals surface area (Å²) in [6.45, 7) is 0. The van der Waals surface area contributed by atoms with Crippen molar-refractivity contribution in [2.24, 2.45) is 0 Å². The van der Waals surface area contributed by atoms with Crippen LogP contribution in [0.3, 0.4) is 0 Å². The fourth-order valence-corrected chi connectivity index (χ4v) is 0.764. The quantitative estimate of drug-likeness (QED) is 0.548. The van der Waals surface area contributed by atoms with Crippen molar-refractivity contribution in [3.8, 4) is 6.01 Å². The molecule has 0 amide bonds. The highest BCUT2D eigenvalue weighted by atomic mass is 32.2. The van der Waals surface area contributed by atoms with Crippen LogP contribution in [0.1, 0.15) is 0 Å². The molecule has 0 spiro atoms. The van der Waals surface area contributed by atoms with E-state index >= 15 is 0 Å². The molecule has 0 unspecified atom stereocenters. The molecular weight excluding hydrogens is 170 g/mol. The van der Waals surface area contributed by atoms with E-state index in [2.05, 4.69) is 19.1 Å². The van der Waals surface area contributed by atoms with Gasteiger partial charge in [-0.3, -0.25) is 0 Å². The van der Waals surface area contributed by atoms with Crippen molar-refractivity contribution in [3.05, 3.63) is 12.7 Å². The number of nitrogens with zero attached hydrogens (tertiary/aromatic N) is 3. The summed E-state index contributed by atoms with van der Waals surface area (Å²) in [7, 11) is -3.53. The lowest BCUT2D eigenvalue weighted by molar-refractivity contribution is 0.468. The first kappa shape index (κ1) is 7.86. The second-order valence-electron chi connectivity index (χ2n) is 1.71. The van der Waals surface area contributed by atoms with Crippen LogP contribution < -0.4 is 4.18 Å². The van der Waals surface area contributed by atoms with Gasteiger partial charge in [0.2, 0.25) is 0 Å². The van der Waals surface area contributed by atoms with Gasteiger partial charge in [0.15, 0.2) is 0 Å². The van der Waals surface area contributed by atoms with E-state index in [1.807, 2.05) is 0 Å². The molecule has 0 N–H and O–H groups in total. The number of rotatable bonds is 2. The monoisotopic (exact) mass is 175 g/mol. The normalized spacial score (nSPS) is 11.0. The fraction of sp³-hybridized carbons (Fsp3) is 0.250. The summed E-state index contributed by atoms with van der Waals surface area (Å²) in [4.78, 5) is 10.4. The third kappa shape index (κ3) is 2.89. The van der Waals surface area contributed by atoms with Crippen molar-refractivity contribution < 1.29 is 12.6 Å². The van der Waals surface area contributed by atoms with Gasteiger partial charge in [-0.25, -0.2) is 4.98 Å². The van der Waals surface area contributed by atoms with Gasteiger partial charge in [0, 0.05) is 0 Å². The van der Waals surface area contributed by atoms with Gasteiger partial charge in [-0.2, -0.15) is 18.4 Å². The Bertz CT molecular complexity index is 322. The first-order chi connectivity index (χ1) is 5.08. The van der Waals surface area contributed by atoms with Crippen LogP contribution in [0.2, 0.25) is 0 Å². The Labute approximate surface area is 63.4 Å². The maximum absolute atomic E-state index is 10.5. The largest absolute Gasteiger partial charge is 0.343 e. The molecule has 0 aliphatic carbocycles. The summed E-state index contributed by atoms with van der Waals surface area (Å²) in [5.74, 6) is 0. The minimum Gasteiger partial charge on any atom is -0.343 e. The third-order valence-electron chi connectivity index (χ3n) is 0.696. The molecule has 0 radical (unpaired) electrons. The van der Waals surface area contributed by atoms with E-state index in [4.69, 9.17) is 0 Å². The summed E-state index contributed by atoms with van der Waals surface area (Å²) in [5.41, 5.74) is 0. The molecule has 0 aliphatic rings. The van der Waals surface area contributed by atoms with Gasteiger partial charge in [0.25, 0.3) is 0 Å². The Kier molecular flexibility index (Phi) is 1.99. The standard InChI is InChI=1S/C4H5N3O3S/c1-11(8,9)10-4-6-2-5-3-7-4/h2-3H,1H3. The molecule has 0 saturated heterocycles. The van der Waals surface area contributed by atoms with Crippen LogP contribution in [-0.4, -0.2) is 29.6 Å². The zero-order chi connectivity index (χ0) is 8.32. The molecule has 60 valence electrons. The van der Waals surface area contributed by atoms with Crippen LogP contribution >= 0.6 is 0 Å². The summed E-state index contributed by atoms with van der Waals surface area (Å²) in [6.07, 6.45) is 3.21. The minimum absolute atomic E-state index is 0.220. The van der Waals surface area contributed by atoms with Crippen molar-refractivity contribution >= 4 is 10.1 Å². The molecule has 1 rings (SSSR count). The SMILES string of the molecule is CS(=O)(=O)Oc1ncncn1. The van der Waals surface area contributed by atoms with E-state index in [9.17, 15) is 8.42 Å². The first-order valence-corrected chi connectivity index (χ1v) is 4.41. The topological polar surface area (TPSA) is 82.0 Å². The summed E-state index contributed by atoms with van der Waals surface area (Å²) in [5, 5.41) is 0. The number of aromatic nitrogens is 3. The number of hydrogen-bond acceptors (Lipinski definition) is 6. The Morgan fingerprint density at radius 1 is 1.36 bits per heavy atom. The average molecular weight is 175 g/mol. The van der Waals surface area contributed by atoms with Gasteiger partial charge in [-0.05, 0) is 0 Å². The van der Waals surface area contributed by atoms with Crippen molar-refractivity contribution in [3.63, 3.8) is 0 Å². The van der Waals surface area contributed by atoms with Crippen LogP contribution in [0, 0.1) is 0 Å². The fourth-order valence-electron chi connectivity index (χ4n) is 0.407. The summed E-state index contributed by atoms with van der Waals surface area (Å²) in [6, 6.07) is -0.220. The molecule has 11 heavy (non-hydrogen) atoms. The van der Waals surface area contributed by atoms with E-state index < -0.39 is 10.1 Å². The van der Waals surface area contributed by atoms with Crippen LogP contribution in [0.15, 0.2) is 12.7 Å². The smallest absolute Gasteiger partial charge is 0.335 e. The molecule has 7 heteroatoms. The predicted octanol–water partition coefficient (Wildman–Crippen LogP) is -0.790. The highest BCUT2D eigenvalue weighted by molar-refractivity contribution is 7.86. The van der Waals surface area contributed by atoms with Crippen LogP contribution in [0.4, 0.5) is 0 Å². The first-order valence-electron chi connectivity index (χ1n) is 2.59. The van der Waals surface area contributed by atoms with Crippen molar-refractivity contribution in [2.75, 3.05) is 6.26 Å². The van der Waals surface area contributed by atoms with Gasteiger partial charge in [-0.15, -0.1) is 0 Å². The molecule has 1 heterocycles. The zero-order valence-electron chi connectivity index (χ0n) is 5.63. The molecular formula is C4H5N3O3S. The van der Waals surface area contributed by atoms with Crippen LogP contribution in [0.5, 0.6) is 6.01 Å². The van der Waals surface area contributed by atoms with Crippen LogP contribution in [0.25, 0.3) is 0 Å². The molecule has 0 saturated carbocycles. The Morgan fingerprint density at radius 2 is 1.91 bits per heavy atom. The lowest BCUT2D eigenvalue weighted by Crippen LogP contribution is -2.08. The second kappa shape index (κ2) is 2.79. The van der Waals surface area contributed by atoms with Gasteiger partial charge in [0.1, 0.15) is 12.7 Å². The highest BCUT2D eigenvalue weighted by Crippen LogP contribution is 1.98. The maximum Gasteiger partial charge on any atom is 0.335 e. The van der Waals surface area contributed by atoms with E-state index in [1.165, 1.54) is 0 Å². The maximum atomic E-state index is 10.5. The Hall–Kier alpha value is -1.24. The predicted molar refractivity (Wildman–Crippen MR) is 35.3 cm³/mol. The molecule has 0 aliphatic heterocycles. The van der Waals surface area contributed by atoms with Gasteiger partial charge in [0.05, 0.1) is 6.26 Å².